The van der Waals surface area contributed by atoms with E-state index in [4.69, 9.17) is 4.74 Å². The summed E-state index contributed by atoms with van der Waals surface area (Å²) in [6.07, 6.45) is 3.22. The van der Waals surface area contributed by atoms with Crippen LogP contribution in [-0.2, 0) is 23.8 Å². The molecular formula is C35H32F3N5O. The molecule has 3 atom stereocenters. The lowest BCUT2D eigenvalue weighted by molar-refractivity contribution is -0.148. The van der Waals surface area contributed by atoms with Crippen LogP contribution in [0.3, 0.4) is 0 Å². The van der Waals surface area contributed by atoms with Crippen molar-refractivity contribution in [3.8, 4) is 33.6 Å². The fraction of sp³-hybridized carbons (Fsp3) is 0.343. The molecule has 1 aliphatic carbocycles. The molecule has 0 spiro atoms. The topological polar surface area (TPSA) is 66.9 Å². The minimum absolute atomic E-state index is 0.320. The molecule has 8 rings (SSSR count). The van der Waals surface area contributed by atoms with Crippen LogP contribution in [0.1, 0.15) is 41.6 Å². The van der Waals surface area contributed by atoms with Gasteiger partial charge in [0.25, 0.3) is 0 Å². The standard InChI is InChI=1S/C35H32F3N5O/c1-20-2-13-31(35(36,37)38)40-32(20)22-4-6-23(7-5-22)33-30-15-26(17-39-34(30)42-41-33)25-8-3-21-9-11-27(12-10-24(21)14-25)43-28-16-29(43)19-44-18-28/h2-8,13-15,17,27-29H,9-12,16,18-19H2,1H3,(H,39,41,42)/t27-,28?,29?/m0/s1. The molecule has 3 aliphatic rings. The molecule has 6 nitrogen and oxygen atoms in total. The lowest BCUT2D eigenvalue weighted by Crippen LogP contribution is -2.66. The van der Waals surface area contributed by atoms with Gasteiger partial charge < -0.3 is 4.74 Å². The zero-order valence-electron chi connectivity index (χ0n) is 24.4. The molecule has 9 heteroatoms. The molecule has 0 radical (unpaired) electrons. The van der Waals surface area contributed by atoms with Gasteiger partial charge in [0, 0.05) is 46.4 Å². The fourth-order valence-corrected chi connectivity index (χ4v) is 7.38. The Labute approximate surface area is 253 Å². The maximum absolute atomic E-state index is 13.3. The molecule has 0 amide bonds. The second-order valence-electron chi connectivity index (χ2n) is 12.4. The second kappa shape index (κ2) is 10.5. The Morgan fingerprint density at radius 1 is 0.818 bits per heavy atom. The average molecular weight is 596 g/mol. The number of H-pyrrole nitrogens is 1. The number of aryl methyl sites for hydroxylation is 3. The third-order valence-electron chi connectivity index (χ3n) is 9.71. The van der Waals surface area contributed by atoms with E-state index in [9.17, 15) is 13.2 Å². The Hall–Kier alpha value is -4.08. The summed E-state index contributed by atoms with van der Waals surface area (Å²) in [5, 5.41) is 8.43. The van der Waals surface area contributed by atoms with E-state index < -0.39 is 11.9 Å². The Bertz CT molecular complexity index is 1850. The zero-order valence-corrected chi connectivity index (χ0v) is 24.4. The van der Waals surface area contributed by atoms with Crippen LogP contribution in [0.4, 0.5) is 13.2 Å². The van der Waals surface area contributed by atoms with Gasteiger partial charge >= 0.3 is 6.18 Å². The number of halogens is 3. The molecule has 2 aromatic carbocycles. The first-order valence-corrected chi connectivity index (χ1v) is 15.3. The highest BCUT2D eigenvalue weighted by Gasteiger charge is 2.45. The lowest BCUT2D eigenvalue weighted by atomic mass is 9.87. The third-order valence-corrected chi connectivity index (χ3v) is 9.71. The molecular weight excluding hydrogens is 563 g/mol. The number of nitrogens with one attached hydrogen (secondary N) is 1. The van der Waals surface area contributed by atoms with Gasteiger partial charge in [-0.2, -0.15) is 18.3 Å². The molecule has 0 saturated carbocycles. The number of hydrogen-bond acceptors (Lipinski definition) is 5. The maximum Gasteiger partial charge on any atom is 0.433 e. The van der Waals surface area contributed by atoms with Gasteiger partial charge in [-0.3, -0.25) is 10.00 Å². The summed E-state index contributed by atoms with van der Waals surface area (Å²) in [7, 11) is 0. The smallest absolute Gasteiger partial charge is 0.378 e. The highest BCUT2D eigenvalue weighted by Crippen LogP contribution is 2.38. The highest BCUT2D eigenvalue weighted by atomic mass is 19.4. The Balaban J connectivity index is 1.06. The van der Waals surface area contributed by atoms with Crippen LogP contribution in [0.15, 0.2) is 66.9 Å². The first-order chi connectivity index (χ1) is 21.3. The van der Waals surface area contributed by atoms with Crippen LogP contribution in [-0.4, -0.2) is 56.4 Å². The van der Waals surface area contributed by atoms with Crippen molar-refractivity contribution in [3.05, 3.63) is 89.2 Å². The number of aromatic amines is 1. The molecule has 224 valence electrons. The summed E-state index contributed by atoms with van der Waals surface area (Å²) in [5.74, 6) is 0. The Morgan fingerprint density at radius 2 is 1.55 bits per heavy atom. The number of aromatic nitrogens is 4. The Kier molecular flexibility index (Phi) is 6.57. The number of pyridine rings is 2. The predicted molar refractivity (Wildman–Crippen MR) is 163 cm³/mol. The summed E-state index contributed by atoms with van der Waals surface area (Å²) in [4.78, 5) is 11.3. The monoisotopic (exact) mass is 595 g/mol. The number of hydrogen-bond donors (Lipinski definition) is 1. The van der Waals surface area contributed by atoms with Crippen molar-refractivity contribution < 1.29 is 17.9 Å². The van der Waals surface area contributed by atoms with Crippen LogP contribution < -0.4 is 0 Å². The van der Waals surface area contributed by atoms with Crippen LogP contribution in [0.25, 0.3) is 44.7 Å². The van der Waals surface area contributed by atoms with E-state index in [0.717, 1.165) is 59.9 Å². The lowest BCUT2D eigenvalue weighted by Gasteiger charge is -2.56. The van der Waals surface area contributed by atoms with E-state index in [1.54, 1.807) is 19.1 Å². The molecule has 5 aromatic rings. The Morgan fingerprint density at radius 3 is 2.30 bits per heavy atom. The molecule has 5 heterocycles. The maximum atomic E-state index is 13.3. The van der Waals surface area contributed by atoms with E-state index in [-0.39, 0.29) is 0 Å². The number of morpholine rings is 1. The number of nitrogens with zero attached hydrogens (tertiary/aromatic N) is 4. The molecule has 2 saturated heterocycles. The van der Waals surface area contributed by atoms with Crippen LogP contribution in [0, 0.1) is 6.92 Å². The van der Waals surface area contributed by atoms with Gasteiger partial charge in [0.15, 0.2) is 5.65 Å². The van der Waals surface area contributed by atoms with Gasteiger partial charge in [-0.05, 0) is 73.4 Å². The van der Waals surface area contributed by atoms with E-state index >= 15 is 0 Å². The van der Waals surface area contributed by atoms with Gasteiger partial charge in [-0.15, -0.1) is 0 Å². The number of alkyl halides is 3. The summed E-state index contributed by atoms with van der Waals surface area (Å²) in [6, 6.07) is 20.6. The molecule has 2 bridgehead atoms. The van der Waals surface area contributed by atoms with Gasteiger partial charge in [0.1, 0.15) is 5.69 Å². The van der Waals surface area contributed by atoms with Gasteiger partial charge in [-0.25, -0.2) is 9.97 Å². The summed E-state index contributed by atoms with van der Waals surface area (Å²) >= 11 is 0. The number of rotatable bonds is 4. The first kappa shape index (κ1) is 27.5. The molecule has 3 aromatic heterocycles. The van der Waals surface area contributed by atoms with Gasteiger partial charge in [0.05, 0.1) is 24.6 Å². The summed E-state index contributed by atoms with van der Waals surface area (Å²) in [5.41, 5.74) is 8.06. The van der Waals surface area contributed by atoms with Crippen molar-refractivity contribution in [3.63, 3.8) is 0 Å². The number of ether oxygens (including phenoxy) is 1. The van der Waals surface area contributed by atoms with Crippen molar-refractivity contribution in [1.82, 2.24) is 25.1 Å². The molecule has 2 unspecified atom stereocenters. The van der Waals surface area contributed by atoms with E-state index in [1.807, 2.05) is 18.3 Å². The van der Waals surface area contributed by atoms with E-state index in [2.05, 4.69) is 49.3 Å². The molecule has 44 heavy (non-hydrogen) atoms. The minimum Gasteiger partial charge on any atom is -0.378 e. The highest BCUT2D eigenvalue weighted by molar-refractivity contribution is 5.93. The molecule has 1 N–H and O–H groups in total. The quantitative estimate of drug-likeness (QED) is 0.219. The average Bonchev–Trinajstić information content (AvgIpc) is 3.35. The predicted octanol–water partition coefficient (Wildman–Crippen LogP) is 7.40. The SMILES string of the molecule is Cc1ccc(C(F)(F)F)nc1-c1ccc(-c2[nH]nc3ncc(-c4ccc5c(c4)CC[C@@H](N4C6COCC4C6)CC5)cc23)cc1. The van der Waals surface area contributed by atoms with Crippen molar-refractivity contribution >= 4 is 11.0 Å². The van der Waals surface area contributed by atoms with Gasteiger partial charge in [0.2, 0.25) is 0 Å². The first-order valence-electron chi connectivity index (χ1n) is 15.3. The minimum atomic E-state index is -4.50. The third kappa shape index (κ3) is 4.79. The largest absolute Gasteiger partial charge is 0.433 e. The van der Waals surface area contributed by atoms with E-state index in [1.165, 1.54) is 36.5 Å². The van der Waals surface area contributed by atoms with Crippen molar-refractivity contribution in [2.75, 3.05) is 13.2 Å². The fourth-order valence-electron chi connectivity index (χ4n) is 7.38. The van der Waals surface area contributed by atoms with Crippen LogP contribution in [0.5, 0.6) is 0 Å². The van der Waals surface area contributed by atoms with Crippen molar-refractivity contribution in [2.45, 2.75) is 63.3 Å². The normalized spacial score (nSPS) is 22.0. The van der Waals surface area contributed by atoms with Crippen molar-refractivity contribution in [1.29, 1.82) is 0 Å². The summed E-state index contributed by atoms with van der Waals surface area (Å²) in [6.45, 7) is 3.53. The van der Waals surface area contributed by atoms with Crippen LogP contribution in [0.2, 0.25) is 0 Å². The van der Waals surface area contributed by atoms with Crippen LogP contribution >= 0.6 is 0 Å². The van der Waals surface area contributed by atoms with E-state index in [0.29, 0.717) is 40.6 Å². The van der Waals surface area contributed by atoms with Crippen molar-refractivity contribution in [2.24, 2.45) is 0 Å². The number of benzene rings is 2. The zero-order chi connectivity index (χ0) is 30.0. The summed E-state index contributed by atoms with van der Waals surface area (Å²) < 4.78 is 45.6. The second-order valence-corrected chi connectivity index (χ2v) is 12.4. The van der Waals surface area contributed by atoms with Gasteiger partial charge in [-0.1, -0.05) is 48.5 Å². The molecule has 2 aliphatic heterocycles. The molecule has 2 fully saturated rings. The number of fused-ring (bicyclic) bond motifs is 4.